The second-order valence-electron chi connectivity index (χ2n) is 4.77. The van der Waals surface area contributed by atoms with Crippen LogP contribution in [0.4, 0.5) is 11.4 Å². The van der Waals surface area contributed by atoms with E-state index in [-0.39, 0.29) is 11.3 Å². The van der Waals surface area contributed by atoms with E-state index in [4.69, 9.17) is 5.26 Å². The lowest BCUT2D eigenvalue weighted by molar-refractivity contribution is -0.112. The predicted octanol–water partition coefficient (Wildman–Crippen LogP) is 3.92. The van der Waals surface area contributed by atoms with E-state index >= 15 is 0 Å². The molecule has 0 aromatic heterocycles. The fourth-order valence-corrected chi connectivity index (χ4v) is 2.10. The first-order chi connectivity index (χ1) is 11.0. The van der Waals surface area contributed by atoms with Crippen LogP contribution < -0.4 is 10.6 Å². The van der Waals surface area contributed by atoms with Crippen LogP contribution in [0.1, 0.15) is 5.56 Å². The molecule has 23 heavy (non-hydrogen) atoms. The second-order valence-corrected chi connectivity index (χ2v) is 5.69. The van der Waals surface area contributed by atoms with Crippen molar-refractivity contribution in [1.82, 2.24) is 0 Å². The van der Waals surface area contributed by atoms with Crippen LogP contribution in [0.15, 0.2) is 58.7 Å². The first kappa shape index (κ1) is 16.6. The minimum atomic E-state index is -0.501. The summed E-state index contributed by atoms with van der Waals surface area (Å²) < 4.78 is 0.899. The molecule has 2 aromatic rings. The van der Waals surface area contributed by atoms with Crippen molar-refractivity contribution < 1.29 is 9.90 Å². The third-order valence-corrected chi connectivity index (χ3v) is 3.58. The van der Waals surface area contributed by atoms with E-state index < -0.39 is 5.91 Å². The average Bonchev–Trinajstić information content (AvgIpc) is 2.52. The number of phenolic OH excluding ortho intramolecular Hbond substituents is 1. The van der Waals surface area contributed by atoms with Crippen LogP contribution in [-0.4, -0.2) is 11.0 Å². The molecule has 116 valence electrons. The van der Waals surface area contributed by atoms with Gasteiger partial charge in [0.15, 0.2) is 0 Å². The molecule has 6 heteroatoms. The van der Waals surface area contributed by atoms with Gasteiger partial charge in [0.1, 0.15) is 17.4 Å². The predicted molar refractivity (Wildman–Crippen MR) is 92.9 cm³/mol. The smallest absolute Gasteiger partial charge is 0.267 e. The van der Waals surface area contributed by atoms with Gasteiger partial charge in [-0.2, -0.15) is 5.26 Å². The maximum Gasteiger partial charge on any atom is 0.267 e. The highest BCUT2D eigenvalue weighted by molar-refractivity contribution is 9.10. The van der Waals surface area contributed by atoms with Crippen LogP contribution in [0, 0.1) is 18.3 Å². The van der Waals surface area contributed by atoms with E-state index in [2.05, 4.69) is 26.6 Å². The Labute approximate surface area is 142 Å². The molecule has 0 saturated carbocycles. The number of nitrogens with zero attached hydrogens (tertiary/aromatic N) is 1. The molecule has 0 unspecified atom stereocenters. The number of rotatable bonds is 4. The number of benzene rings is 2. The summed E-state index contributed by atoms with van der Waals surface area (Å²) in [4.78, 5) is 12.1. The molecule has 0 bridgehead atoms. The number of carbonyl (C=O) groups is 1. The Balaban J connectivity index is 2.10. The number of nitrogens with one attached hydrogen (secondary N) is 2. The van der Waals surface area contributed by atoms with Crippen LogP contribution in [0.2, 0.25) is 0 Å². The monoisotopic (exact) mass is 371 g/mol. The fourth-order valence-electron chi connectivity index (χ4n) is 1.84. The molecule has 0 aliphatic carbocycles. The number of hydrogen-bond donors (Lipinski definition) is 3. The molecule has 0 saturated heterocycles. The van der Waals surface area contributed by atoms with E-state index in [0.717, 1.165) is 10.0 Å². The van der Waals surface area contributed by atoms with E-state index in [0.29, 0.717) is 11.4 Å². The van der Waals surface area contributed by atoms with Gasteiger partial charge in [-0.3, -0.25) is 4.79 Å². The highest BCUT2D eigenvalue weighted by Gasteiger charge is 2.09. The lowest BCUT2D eigenvalue weighted by atomic mass is 10.2. The largest absolute Gasteiger partial charge is 0.508 e. The molecule has 2 rings (SSSR count). The van der Waals surface area contributed by atoms with Crippen LogP contribution in [-0.2, 0) is 4.79 Å². The number of anilines is 2. The quantitative estimate of drug-likeness (QED) is 0.431. The topological polar surface area (TPSA) is 85.2 Å². The highest BCUT2D eigenvalue weighted by Crippen LogP contribution is 2.20. The number of hydrogen-bond acceptors (Lipinski definition) is 4. The summed E-state index contributed by atoms with van der Waals surface area (Å²) in [5.41, 5.74) is 2.04. The molecule has 0 aliphatic rings. The Morgan fingerprint density at radius 3 is 2.57 bits per heavy atom. The summed E-state index contributed by atoms with van der Waals surface area (Å²) in [7, 11) is 0. The van der Waals surface area contributed by atoms with Gasteiger partial charge in [-0.25, -0.2) is 0 Å². The zero-order valence-corrected chi connectivity index (χ0v) is 13.9. The Bertz CT molecular complexity index is 792. The zero-order chi connectivity index (χ0) is 16.8. The van der Waals surface area contributed by atoms with Gasteiger partial charge >= 0.3 is 0 Å². The van der Waals surface area contributed by atoms with Crippen molar-refractivity contribution >= 4 is 33.2 Å². The Kier molecular flexibility index (Phi) is 5.39. The zero-order valence-electron chi connectivity index (χ0n) is 12.3. The Morgan fingerprint density at radius 1 is 1.26 bits per heavy atom. The molecule has 0 aliphatic heterocycles. The molecule has 2 aromatic carbocycles. The van der Waals surface area contributed by atoms with Crippen molar-refractivity contribution in [3.05, 3.63) is 64.3 Å². The number of aryl methyl sites for hydroxylation is 1. The lowest BCUT2D eigenvalue weighted by Gasteiger charge is -2.07. The van der Waals surface area contributed by atoms with Gasteiger partial charge < -0.3 is 15.7 Å². The number of aromatic hydroxyl groups is 1. The van der Waals surface area contributed by atoms with Gasteiger partial charge in [-0.05, 0) is 55.0 Å². The number of halogens is 1. The molecule has 5 nitrogen and oxygen atoms in total. The van der Waals surface area contributed by atoms with E-state index in [1.54, 1.807) is 36.4 Å². The van der Waals surface area contributed by atoms with Gasteiger partial charge in [-0.1, -0.05) is 15.9 Å². The van der Waals surface area contributed by atoms with Gasteiger partial charge in [0.25, 0.3) is 5.91 Å². The van der Waals surface area contributed by atoms with Crippen LogP contribution in [0.25, 0.3) is 0 Å². The molecular weight excluding hydrogens is 358 g/mol. The second kappa shape index (κ2) is 7.47. The minimum absolute atomic E-state index is 0.0552. The minimum Gasteiger partial charge on any atom is -0.508 e. The molecule has 0 radical (unpaired) electrons. The van der Waals surface area contributed by atoms with E-state index in [9.17, 15) is 9.90 Å². The Morgan fingerprint density at radius 2 is 1.96 bits per heavy atom. The standard InChI is InChI=1S/C17H14BrN3O2/c1-11-8-15(22)6-7-16(11)20-10-12(9-19)17(23)21-14-4-2-13(18)3-5-14/h2-8,10,20,22H,1H3,(H,21,23)/b12-10-. The van der Waals surface area contributed by atoms with Crippen LogP contribution in [0.5, 0.6) is 5.75 Å². The molecule has 3 N–H and O–H groups in total. The fraction of sp³-hybridized carbons (Fsp3) is 0.0588. The summed E-state index contributed by atoms with van der Waals surface area (Å²) in [6.45, 7) is 1.81. The summed E-state index contributed by atoms with van der Waals surface area (Å²) in [6, 6.07) is 13.7. The average molecular weight is 372 g/mol. The molecule has 1 amide bonds. The van der Waals surface area contributed by atoms with Crippen molar-refractivity contribution in [1.29, 1.82) is 5.26 Å². The molecule has 0 fully saturated rings. The van der Waals surface area contributed by atoms with Crippen molar-refractivity contribution in [3.63, 3.8) is 0 Å². The number of carbonyl (C=O) groups excluding carboxylic acids is 1. The van der Waals surface area contributed by atoms with Crippen molar-refractivity contribution in [3.8, 4) is 11.8 Å². The van der Waals surface area contributed by atoms with Gasteiger partial charge in [-0.15, -0.1) is 0 Å². The summed E-state index contributed by atoms with van der Waals surface area (Å²) in [5.74, 6) is -0.343. The van der Waals surface area contributed by atoms with E-state index in [1.165, 1.54) is 12.3 Å². The number of amides is 1. The van der Waals surface area contributed by atoms with Gasteiger partial charge in [0.2, 0.25) is 0 Å². The maximum absolute atomic E-state index is 12.1. The number of nitriles is 1. The highest BCUT2D eigenvalue weighted by atomic mass is 79.9. The molecule has 0 spiro atoms. The van der Waals surface area contributed by atoms with E-state index in [1.807, 2.05) is 13.0 Å². The van der Waals surface area contributed by atoms with Gasteiger partial charge in [0, 0.05) is 22.0 Å². The van der Waals surface area contributed by atoms with Crippen LogP contribution >= 0.6 is 15.9 Å². The number of phenols is 1. The van der Waals surface area contributed by atoms with Crippen molar-refractivity contribution in [2.24, 2.45) is 0 Å². The maximum atomic E-state index is 12.1. The first-order valence-corrected chi connectivity index (χ1v) is 7.52. The molecule has 0 heterocycles. The Hall–Kier alpha value is -2.78. The first-order valence-electron chi connectivity index (χ1n) is 6.73. The third kappa shape index (κ3) is 4.59. The van der Waals surface area contributed by atoms with Crippen molar-refractivity contribution in [2.75, 3.05) is 10.6 Å². The normalized spacial score (nSPS) is 10.7. The van der Waals surface area contributed by atoms with Gasteiger partial charge in [0.05, 0.1) is 0 Å². The summed E-state index contributed by atoms with van der Waals surface area (Å²) >= 11 is 3.31. The van der Waals surface area contributed by atoms with Crippen LogP contribution in [0.3, 0.4) is 0 Å². The molecular formula is C17H14BrN3O2. The summed E-state index contributed by atoms with van der Waals surface area (Å²) in [5, 5.41) is 24.1. The van der Waals surface area contributed by atoms with Crippen molar-refractivity contribution in [2.45, 2.75) is 6.92 Å². The summed E-state index contributed by atoms with van der Waals surface area (Å²) in [6.07, 6.45) is 1.34. The lowest BCUT2D eigenvalue weighted by Crippen LogP contribution is -2.14. The molecule has 0 atom stereocenters. The SMILES string of the molecule is Cc1cc(O)ccc1N/C=C(/C#N)C(=O)Nc1ccc(Br)cc1. The third-order valence-electron chi connectivity index (χ3n) is 3.05.